The maximum atomic E-state index is 14.2. The molecule has 0 fully saturated rings. The Bertz CT molecular complexity index is 1470. The van der Waals surface area contributed by atoms with Gasteiger partial charge < -0.3 is 10.2 Å². The van der Waals surface area contributed by atoms with E-state index >= 15 is 0 Å². The molecule has 0 spiro atoms. The largest absolute Gasteiger partial charge is 0.354 e. The fraction of sp³-hybridized carbons (Fsp3) is 0.394. The Hall–Kier alpha value is -3.65. The van der Waals surface area contributed by atoms with Crippen LogP contribution in [0.1, 0.15) is 55.0 Å². The molecule has 3 aromatic carbocycles. The van der Waals surface area contributed by atoms with Gasteiger partial charge in [0, 0.05) is 13.1 Å². The van der Waals surface area contributed by atoms with Crippen molar-refractivity contribution in [3.8, 4) is 0 Å². The Morgan fingerprint density at radius 1 is 0.854 bits per heavy atom. The summed E-state index contributed by atoms with van der Waals surface area (Å²) in [5.74, 6) is -0.449. The smallest absolute Gasteiger partial charge is 0.264 e. The van der Waals surface area contributed by atoms with Gasteiger partial charge in [0.2, 0.25) is 11.8 Å². The fourth-order valence-corrected chi connectivity index (χ4v) is 6.23. The number of hydrogen-bond donors (Lipinski definition) is 1. The van der Waals surface area contributed by atoms with Crippen LogP contribution in [0.15, 0.2) is 71.6 Å². The summed E-state index contributed by atoms with van der Waals surface area (Å²) in [5.41, 5.74) is 4.97. The van der Waals surface area contributed by atoms with Gasteiger partial charge in [-0.2, -0.15) is 0 Å². The van der Waals surface area contributed by atoms with Crippen LogP contribution in [-0.2, 0) is 26.2 Å². The summed E-state index contributed by atoms with van der Waals surface area (Å²) in [4.78, 5) is 29.2. The van der Waals surface area contributed by atoms with E-state index in [0.717, 1.165) is 27.8 Å². The van der Waals surface area contributed by atoms with E-state index in [1.165, 1.54) is 9.21 Å². The second kappa shape index (κ2) is 13.8. The molecule has 8 heteroatoms. The number of sulfonamides is 1. The van der Waals surface area contributed by atoms with Crippen LogP contribution in [0.25, 0.3) is 0 Å². The molecule has 0 bridgehead atoms. The number of aryl methyl sites for hydroxylation is 4. The van der Waals surface area contributed by atoms with Gasteiger partial charge >= 0.3 is 0 Å². The Balaban J connectivity index is 2.09. The highest BCUT2D eigenvalue weighted by Crippen LogP contribution is 2.28. The highest BCUT2D eigenvalue weighted by molar-refractivity contribution is 7.92. The first kappa shape index (κ1) is 31.9. The molecular formula is C33H43N3O4S. The summed E-state index contributed by atoms with van der Waals surface area (Å²) in [7, 11) is -4.10. The Kier molecular flexibility index (Phi) is 10.7. The molecule has 0 unspecified atom stereocenters. The monoisotopic (exact) mass is 577 g/mol. The predicted octanol–water partition coefficient (Wildman–Crippen LogP) is 5.70. The van der Waals surface area contributed by atoms with Crippen LogP contribution in [0.2, 0.25) is 0 Å². The average Bonchev–Trinajstić information content (AvgIpc) is 2.92. The van der Waals surface area contributed by atoms with Crippen LogP contribution in [0.3, 0.4) is 0 Å². The molecule has 0 aliphatic carbocycles. The van der Waals surface area contributed by atoms with Crippen molar-refractivity contribution >= 4 is 27.5 Å². The molecule has 0 saturated carbocycles. The van der Waals surface area contributed by atoms with E-state index in [2.05, 4.69) is 5.32 Å². The molecule has 3 aromatic rings. The van der Waals surface area contributed by atoms with Crippen LogP contribution < -0.4 is 9.62 Å². The molecule has 2 amide bonds. The van der Waals surface area contributed by atoms with E-state index in [0.29, 0.717) is 18.7 Å². The van der Waals surface area contributed by atoms with Crippen LogP contribution in [0.4, 0.5) is 5.69 Å². The van der Waals surface area contributed by atoms with Gasteiger partial charge in [-0.1, -0.05) is 80.4 Å². The van der Waals surface area contributed by atoms with Crippen molar-refractivity contribution in [2.24, 2.45) is 5.92 Å². The molecule has 0 saturated heterocycles. The van der Waals surface area contributed by atoms with Gasteiger partial charge in [0.1, 0.15) is 12.6 Å². The van der Waals surface area contributed by atoms with Gasteiger partial charge in [-0.05, 0) is 74.9 Å². The molecular weight excluding hydrogens is 534 g/mol. The Morgan fingerprint density at radius 3 is 2.07 bits per heavy atom. The molecule has 0 aliphatic rings. The van der Waals surface area contributed by atoms with Crippen molar-refractivity contribution in [2.45, 2.75) is 72.4 Å². The molecule has 1 atom stereocenters. The minimum atomic E-state index is -4.10. The maximum absolute atomic E-state index is 14.2. The lowest BCUT2D eigenvalue weighted by molar-refractivity contribution is -0.140. The average molecular weight is 578 g/mol. The van der Waals surface area contributed by atoms with Crippen molar-refractivity contribution in [3.63, 3.8) is 0 Å². The Labute approximate surface area is 245 Å². The number of nitrogens with zero attached hydrogens (tertiary/aromatic N) is 2. The fourth-order valence-electron chi connectivity index (χ4n) is 4.75. The third-order valence-electron chi connectivity index (χ3n) is 7.18. The van der Waals surface area contributed by atoms with E-state index in [1.54, 1.807) is 30.3 Å². The number of carbonyl (C=O) groups is 2. The zero-order valence-electron chi connectivity index (χ0n) is 25.3. The normalized spacial score (nSPS) is 12.2. The van der Waals surface area contributed by atoms with Gasteiger partial charge in [0.25, 0.3) is 10.0 Å². The number of nitrogens with one attached hydrogen (secondary N) is 1. The zero-order chi connectivity index (χ0) is 30.3. The van der Waals surface area contributed by atoms with E-state index in [-0.39, 0.29) is 23.3 Å². The minimum Gasteiger partial charge on any atom is -0.354 e. The second-order valence-electron chi connectivity index (χ2n) is 11.1. The summed E-state index contributed by atoms with van der Waals surface area (Å²) in [5, 5.41) is 2.97. The summed E-state index contributed by atoms with van der Waals surface area (Å²) in [6, 6.07) is 19.0. The van der Waals surface area contributed by atoms with Crippen LogP contribution in [-0.4, -0.2) is 44.3 Å². The number of hydrogen-bond acceptors (Lipinski definition) is 4. The quantitative estimate of drug-likeness (QED) is 0.299. The molecule has 0 heterocycles. The summed E-state index contributed by atoms with van der Waals surface area (Å²) in [6.45, 7) is 13.7. The van der Waals surface area contributed by atoms with Gasteiger partial charge in [0.15, 0.2) is 0 Å². The summed E-state index contributed by atoms with van der Waals surface area (Å²) < 4.78 is 29.3. The van der Waals surface area contributed by atoms with Crippen molar-refractivity contribution < 1.29 is 18.0 Å². The second-order valence-corrected chi connectivity index (χ2v) is 13.0. The lowest BCUT2D eigenvalue weighted by Gasteiger charge is -2.34. The molecule has 0 radical (unpaired) electrons. The number of amides is 2. The predicted molar refractivity (Wildman–Crippen MR) is 165 cm³/mol. The highest BCUT2D eigenvalue weighted by atomic mass is 32.2. The van der Waals surface area contributed by atoms with E-state index in [1.807, 2.05) is 84.9 Å². The standard InChI is InChI=1S/C33H43N3O4S/c1-8-30(33(38)34-20-23(2)3)35(21-28-12-10-9-11-26(28)6)32(37)22-36(31-18-15-25(5)19-27(31)7)41(39,40)29-16-13-24(4)14-17-29/h9-19,23,30H,8,20-22H2,1-7H3,(H,34,38)/t30-/m1/s1. The molecule has 0 aromatic heterocycles. The lowest BCUT2D eigenvalue weighted by atomic mass is 10.1. The van der Waals surface area contributed by atoms with Crippen LogP contribution >= 0.6 is 0 Å². The number of benzene rings is 3. The maximum Gasteiger partial charge on any atom is 0.264 e. The van der Waals surface area contributed by atoms with Crippen molar-refractivity contribution in [1.29, 1.82) is 0 Å². The Morgan fingerprint density at radius 2 is 1.49 bits per heavy atom. The lowest BCUT2D eigenvalue weighted by Crippen LogP contribution is -2.52. The number of anilines is 1. The zero-order valence-corrected chi connectivity index (χ0v) is 26.1. The molecule has 3 rings (SSSR count). The van der Waals surface area contributed by atoms with Crippen LogP contribution in [0, 0.1) is 33.6 Å². The molecule has 220 valence electrons. The summed E-state index contributed by atoms with van der Waals surface area (Å²) >= 11 is 0. The molecule has 7 nitrogen and oxygen atoms in total. The minimum absolute atomic E-state index is 0.100. The van der Waals surface area contributed by atoms with Gasteiger partial charge in [0.05, 0.1) is 10.6 Å². The first-order chi connectivity index (χ1) is 19.3. The van der Waals surface area contributed by atoms with E-state index < -0.39 is 28.5 Å². The molecule has 41 heavy (non-hydrogen) atoms. The SMILES string of the molecule is CC[C@H](C(=O)NCC(C)C)N(Cc1ccccc1C)C(=O)CN(c1ccc(C)cc1C)S(=O)(=O)c1ccc(C)cc1. The number of rotatable bonds is 12. The van der Waals surface area contributed by atoms with Crippen molar-refractivity contribution in [1.82, 2.24) is 10.2 Å². The van der Waals surface area contributed by atoms with Gasteiger partial charge in [-0.3, -0.25) is 13.9 Å². The van der Waals surface area contributed by atoms with E-state index in [9.17, 15) is 18.0 Å². The number of carbonyl (C=O) groups excluding carboxylic acids is 2. The van der Waals surface area contributed by atoms with Gasteiger partial charge in [-0.15, -0.1) is 0 Å². The molecule has 1 N–H and O–H groups in total. The molecule has 0 aliphatic heterocycles. The first-order valence-corrected chi connectivity index (χ1v) is 15.6. The third-order valence-corrected chi connectivity index (χ3v) is 8.96. The van der Waals surface area contributed by atoms with Crippen molar-refractivity contribution in [3.05, 3.63) is 94.5 Å². The third kappa shape index (κ3) is 7.97. The van der Waals surface area contributed by atoms with Crippen molar-refractivity contribution in [2.75, 3.05) is 17.4 Å². The van der Waals surface area contributed by atoms with Gasteiger partial charge in [-0.25, -0.2) is 8.42 Å². The topological polar surface area (TPSA) is 86.8 Å². The van der Waals surface area contributed by atoms with E-state index in [4.69, 9.17) is 0 Å². The first-order valence-electron chi connectivity index (χ1n) is 14.1. The summed E-state index contributed by atoms with van der Waals surface area (Å²) in [6.07, 6.45) is 0.385. The highest BCUT2D eigenvalue weighted by Gasteiger charge is 2.34. The van der Waals surface area contributed by atoms with Crippen LogP contribution in [0.5, 0.6) is 0 Å².